The molecule has 9 heteroatoms. The van der Waals surface area contributed by atoms with Gasteiger partial charge in [-0.15, -0.1) is 0 Å². The number of amides is 3. The van der Waals surface area contributed by atoms with Gasteiger partial charge in [-0.05, 0) is 31.2 Å². The van der Waals surface area contributed by atoms with E-state index in [1.807, 2.05) is 11.8 Å². The number of unbranched alkanes of at least 4 members (excludes halogenated alkanes) is 4. The highest BCUT2D eigenvalue weighted by molar-refractivity contribution is 8.00. The quantitative estimate of drug-likeness (QED) is 0.161. The zero-order valence-corrected chi connectivity index (χ0v) is 15.4. The van der Waals surface area contributed by atoms with Crippen LogP contribution < -0.4 is 16.0 Å². The van der Waals surface area contributed by atoms with Crippen LogP contribution in [-0.2, 0) is 4.79 Å². The van der Waals surface area contributed by atoms with Gasteiger partial charge in [-0.1, -0.05) is 24.4 Å². The lowest BCUT2D eigenvalue weighted by Crippen LogP contribution is -2.36. The van der Waals surface area contributed by atoms with Gasteiger partial charge in [-0.25, -0.2) is 4.79 Å². The third kappa shape index (κ3) is 7.04. The highest BCUT2D eigenvalue weighted by atomic mass is 32.2. The van der Waals surface area contributed by atoms with Crippen LogP contribution in [-0.4, -0.2) is 48.1 Å². The topological polar surface area (TPSA) is 119 Å². The van der Waals surface area contributed by atoms with E-state index in [0.29, 0.717) is 18.2 Å². The maximum absolute atomic E-state index is 11.8. The molecular weight excluding hydrogens is 340 g/mol. The molecule has 2 fully saturated rings. The smallest absolute Gasteiger partial charge is 0.315 e. The van der Waals surface area contributed by atoms with E-state index >= 15 is 0 Å². The molecule has 0 radical (unpaired) electrons. The number of hydrogen-bond donors (Lipinski definition) is 3. The van der Waals surface area contributed by atoms with Gasteiger partial charge in [0.1, 0.15) is 0 Å². The molecule has 0 spiro atoms. The van der Waals surface area contributed by atoms with Crippen LogP contribution in [0.3, 0.4) is 0 Å². The number of carbonyl (C=O) groups excluding carboxylic acids is 2. The van der Waals surface area contributed by atoms with E-state index in [2.05, 4.69) is 26.0 Å². The van der Waals surface area contributed by atoms with Gasteiger partial charge >= 0.3 is 6.03 Å². The molecule has 3 N–H and O–H groups in total. The van der Waals surface area contributed by atoms with Gasteiger partial charge in [0.2, 0.25) is 5.91 Å². The Kier molecular flexibility index (Phi) is 8.76. The number of urea groups is 1. The fourth-order valence-electron chi connectivity index (χ4n) is 3.30. The molecule has 0 bridgehead atoms. The van der Waals surface area contributed by atoms with Gasteiger partial charge in [-0.2, -0.15) is 11.8 Å². The van der Waals surface area contributed by atoms with Crippen molar-refractivity contribution in [3.05, 3.63) is 10.4 Å². The Bertz CT molecular complexity index is 497. The Balaban J connectivity index is 1.42. The molecule has 2 saturated heterocycles. The zero-order valence-electron chi connectivity index (χ0n) is 14.6. The minimum absolute atomic E-state index is 0.0440. The molecule has 2 aliphatic rings. The molecule has 2 aliphatic heterocycles. The highest BCUT2D eigenvalue weighted by Crippen LogP contribution is 2.33. The average Bonchev–Trinajstić information content (AvgIpc) is 3.13. The lowest BCUT2D eigenvalue weighted by molar-refractivity contribution is -0.121. The molecule has 0 aromatic carbocycles. The lowest BCUT2D eigenvalue weighted by Gasteiger charge is -2.16. The Morgan fingerprint density at radius 1 is 1.24 bits per heavy atom. The van der Waals surface area contributed by atoms with Crippen molar-refractivity contribution in [2.45, 2.75) is 68.7 Å². The van der Waals surface area contributed by atoms with E-state index < -0.39 is 0 Å². The van der Waals surface area contributed by atoms with Crippen molar-refractivity contribution in [1.82, 2.24) is 16.0 Å². The number of thioether (sulfide) groups is 1. The third-order valence-corrected chi connectivity index (χ3v) is 6.16. The molecule has 0 aromatic rings. The first-order valence-corrected chi connectivity index (χ1v) is 10.2. The SMILES string of the molecule is [N-]=[N+]=NCCCCCCNC(=O)CCCC[C@@H]1SC[C@@H]2NC(=O)N[C@H]21. The maximum atomic E-state index is 11.8. The second kappa shape index (κ2) is 11.1. The number of carbonyl (C=O) groups is 2. The van der Waals surface area contributed by atoms with E-state index in [-0.39, 0.29) is 24.0 Å². The summed E-state index contributed by atoms with van der Waals surface area (Å²) in [6, 6.07) is 0.486. The summed E-state index contributed by atoms with van der Waals surface area (Å²) in [4.78, 5) is 25.8. The molecule has 25 heavy (non-hydrogen) atoms. The van der Waals surface area contributed by atoms with E-state index in [0.717, 1.165) is 57.2 Å². The minimum Gasteiger partial charge on any atom is -0.356 e. The van der Waals surface area contributed by atoms with Crippen LogP contribution in [0.4, 0.5) is 4.79 Å². The monoisotopic (exact) mass is 368 g/mol. The molecule has 0 saturated carbocycles. The van der Waals surface area contributed by atoms with E-state index in [4.69, 9.17) is 5.53 Å². The first-order chi connectivity index (χ1) is 12.2. The predicted molar refractivity (Wildman–Crippen MR) is 99.4 cm³/mol. The molecule has 140 valence electrons. The summed E-state index contributed by atoms with van der Waals surface area (Å²) in [5.41, 5.74) is 8.16. The van der Waals surface area contributed by atoms with Crippen molar-refractivity contribution in [2.24, 2.45) is 5.11 Å². The van der Waals surface area contributed by atoms with Crippen LogP contribution in [0.1, 0.15) is 51.4 Å². The Morgan fingerprint density at radius 3 is 2.92 bits per heavy atom. The maximum Gasteiger partial charge on any atom is 0.315 e. The second-order valence-corrected chi connectivity index (χ2v) is 7.86. The number of nitrogens with zero attached hydrogens (tertiary/aromatic N) is 3. The van der Waals surface area contributed by atoms with Gasteiger partial charge < -0.3 is 16.0 Å². The van der Waals surface area contributed by atoms with E-state index in [1.165, 1.54) is 0 Å². The number of rotatable bonds is 12. The van der Waals surface area contributed by atoms with Crippen LogP contribution in [0, 0.1) is 0 Å². The van der Waals surface area contributed by atoms with Gasteiger partial charge in [0.05, 0.1) is 12.1 Å². The molecule has 0 aromatic heterocycles. The first-order valence-electron chi connectivity index (χ1n) is 9.17. The fourth-order valence-corrected chi connectivity index (χ4v) is 4.84. The summed E-state index contributed by atoms with van der Waals surface area (Å²) in [6.07, 6.45) is 7.49. The van der Waals surface area contributed by atoms with Crippen molar-refractivity contribution in [3.8, 4) is 0 Å². The van der Waals surface area contributed by atoms with Gasteiger partial charge in [0, 0.05) is 35.4 Å². The van der Waals surface area contributed by atoms with Crippen molar-refractivity contribution in [1.29, 1.82) is 0 Å². The van der Waals surface area contributed by atoms with Crippen LogP contribution in [0.2, 0.25) is 0 Å². The van der Waals surface area contributed by atoms with Gasteiger partial charge in [0.15, 0.2) is 0 Å². The predicted octanol–water partition coefficient (Wildman–Crippen LogP) is 2.70. The Hall–Kier alpha value is -1.60. The molecule has 0 aliphatic carbocycles. The molecule has 2 rings (SSSR count). The molecule has 3 atom stereocenters. The summed E-state index contributed by atoms with van der Waals surface area (Å²) < 4.78 is 0. The van der Waals surface area contributed by atoms with Crippen molar-refractivity contribution < 1.29 is 9.59 Å². The summed E-state index contributed by atoms with van der Waals surface area (Å²) in [5.74, 6) is 1.11. The Labute approximate surface area is 152 Å². The van der Waals surface area contributed by atoms with Crippen molar-refractivity contribution >= 4 is 23.7 Å². The minimum atomic E-state index is -0.0440. The van der Waals surface area contributed by atoms with Crippen molar-refractivity contribution in [3.63, 3.8) is 0 Å². The molecule has 8 nitrogen and oxygen atoms in total. The number of fused-ring (bicyclic) bond motifs is 1. The van der Waals surface area contributed by atoms with Crippen LogP contribution in [0.25, 0.3) is 10.4 Å². The number of azide groups is 1. The summed E-state index contributed by atoms with van der Waals surface area (Å²) in [7, 11) is 0. The fraction of sp³-hybridized carbons (Fsp3) is 0.875. The third-order valence-electron chi connectivity index (χ3n) is 4.65. The van der Waals surface area contributed by atoms with E-state index in [9.17, 15) is 9.59 Å². The largest absolute Gasteiger partial charge is 0.356 e. The summed E-state index contributed by atoms with van der Waals surface area (Å²) in [6.45, 7) is 1.28. The van der Waals surface area contributed by atoms with Gasteiger partial charge in [0.25, 0.3) is 0 Å². The first kappa shape index (κ1) is 19.7. The van der Waals surface area contributed by atoms with Gasteiger partial charge in [-0.3, -0.25) is 4.79 Å². The zero-order chi connectivity index (χ0) is 17.9. The van der Waals surface area contributed by atoms with Crippen LogP contribution in [0.15, 0.2) is 5.11 Å². The summed E-state index contributed by atoms with van der Waals surface area (Å²) >= 11 is 1.92. The van der Waals surface area contributed by atoms with E-state index in [1.54, 1.807) is 0 Å². The van der Waals surface area contributed by atoms with Crippen LogP contribution in [0.5, 0.6) is 0 Å². The molecule has 2 heterocycles. The average molecular weight is 369 g/mol. The van der Waals surface area contributed by atoms with Crippen LogP contribution >= 0.6 is 11.8 Å². The second-order valence-electron chi connectivity index (χ2n) is 6.59. The van der Waals surface area contributed by atoms with Crippen molar-refractivity contribution in [2.75, 3.05) is 18.8 Å². The molecule has 3 amide bonds. The molecule has 0 unspecified atom stereocenters. The standard InChI is InChI=1S/C16H28N6O2S/c17-22-19-10-6-2-1-5-9-18-14(23)8-4-3-7-13-15-12(11-25-13)20-16(24)21-15/h12-13,15H,1-11H2,(H,18,23)(H2,20,21,24)/t12-,13-,15+/m0/s1. The lowest BCUT2D eigenvalue weighted by atomic mass is 10.0. The number of hydrogen-bond acceptors (Lipinski definition) is 4. The summed E-state index contributed by atoms with van der Waals surface area (Å²) in [5, 5.41) is 12.9. The number of nitrogens with one attached hydrogen (secondary N) is 3. The molecular formula is C16H28N6O2S. The highest BCUT2D eigenvalue weighted by Gasteiger charge is 2.42. The Morgan fingerprint density at radius 2 is 2.08 bits per heavy atom. The normalized spacial score (nSPS) is 24.2.